The zero-order valence-electron chi connectivity index (χ0n) is 13.9. The van der Waals surface area contributed by atoms with Crippen molar-refractivity contribution in [1.29, 1.82) is 0 Å². The highest BCUT2D eigenvalue weighted by Crippen LogP contribution is 2.28. The van der Waals surface area contributed by atoms with E-state index < -0.39 is 0 Å². The Labute approximate surface area is 150 Å². The van der Waals surface area contributed by atoms with Crippen LogP contribution in [0.5, 0.6) is 0 Å². The highest BCUT2D eigenvalue weighted by atomic mass is 16.2. The number of carbonyl (C=O) groups excluding carboxylic acids is 1. The Bertz CT molecular complexity index is 1140. The number of fused-ring (bicyclic) bond motifs is 2. The zero-order chi connectivity index (χ0) is 17.9. The maximum absolute atomic E-state index is 12.7. The fourth-order valence-corrected chi connectivity index (χ4v) is 3.07. The second kappa shape index (κ2) is 6.69. The Kier molecular flexibility index (Phi) is 4.07. The number of aromatic nitrogens is 1. The number of rotatable bonds is 3. The average molecular weight is 340 g/mol. The van der Waals surface area contributed by atoms with Crippen LogP contribution in [0.3, 0.4) is 0 Å². The van der Waals surface area contributed by atoms with Gasteiger partial charge >= 0.3 is 0 Å². The lowest BCUT2D eigenvalue weighted by atomic mass is 10.0. The minimum absolute atomic E-state index is 0.272. The van der Waals surface area contributed by atoms with Crippen LogP contribution in [-0.4, -0.2) is 16.0 Å². The van der Waals surface area contributed by atoms with Crippen LogP contribution in [0.4, 0.5) is 5.69 Å². The molecule has 2 N–H and O–H groups in total. The number of pyridine rings is 1. The molecule has 4 aromatic rings. The molecule has 0 bridgehead atoms. The van der Waals surface area contributed by atoms with Crippen molar-refractivity contribution in [2.45, 2.75) is 0 Å². The van der Waals surface area contributed by atoms with Gasteiger partial charge < -0.3 is 10.4 Å². The Balaban J connectivity index is 1.75. The van der Waals surface area contributed by atoms with Crippen LogP contribution in [0.25, 0.3) is 27.8 Å². The van der Waals surface area contributed by atoms with Crippen LogP contribution in [0.1, 0.15) is 16.1 Å². The van der Waals surface area contributed by atoms with E-state index in [0.717, 1.165) is 33.5 Å². The lowest BCUT2D eigenvalue weighted by molar-refractivity contribution is 0.102. The SMILES string of the molecule is O=C(Nc1cccc2cccc(C=CO)c12)c1ccc2ccccc2n1. The molecule has 0 saturated carbocycles. The van der Waals surface area contributed by atoms with Crippen LogP contribution >= 0.6 is 0 Å². The summed E-state index contributed by atoms with van der Waals surface area (Å²) < 4.78 is 0. The molecule has 0 aliphatic rings. The molecule has 0 aliphatic carbocycles. The number of nitrogens with zero attached hydrogens (tertiary/aromatic N) is 1. The molecule has 126 valence electrons. The molecular formula is C22H16N2O2. The van der Waals surface area contributed by atoms with Crippen LogP contribution in [0.2, 0.25) is 0 Å². The molecule has 4 nitrogen and oxygen atoms in total. The first kappa shape index (κ1) is 15.8. The predicted octanol–water partition coefficient (Wildman–Crippen LogP) is 5.17. The average Bonchev–Trinajstić information content (AvgIpc) is 2.68. The van der Waals surface area contributed by atoms with Crippen molar-refractivity contribution in [1.82, 2.24) is 4.98 Å². The monoisotopic (exact) mass is 340 g/mol. The van der Waals surface area contributed by atoms with Crippen molar-refractivity contribution in [3.8, 4) is 0 Å². The minimum atomic E-state index is -0.272. The Morgan fingerprint density at radius 2 is 1.65 bits per heavy atom. The molecular weight excluding hydrogens is 324 g/mol. The van der Waals surface area contributed by atoms with Crippen LogP contribution in [-0.2, 0) is 0 Å². The number of nitrogens with one attached hydrogen (secondary N) is 1. The van der Waals surface area contributed by atoms with E-state index in [1.807, 2.05) is 66.7 Å². The third kappa shape index (κ3) is 2.89. The standard InChI is InChI=1S/C22H16N2O2/c25-14-13-17-7-3-6-16-8-4-10-19(21(16)17)24-22(26)20-12-11-15-5-1-2-9-18(15)23-20/h1-14,25H,(H,24,26). The van der Waals surface area contributed by atoms with E-state index in [-0.39, 0.29) is 5.91 Å². The van der Waals surface area contributed by atoms with Crippen LogP contribution < -0.4 is 5.32 Å². The van der Waals surface area contributed by atoms with Gasteiger partial charge in [-0.2, -0.15) is 0 Å². The molecule has 0 saturated heterocycles. The second-order valence-corrected chi connectivity index (χ2v) is 5.91. The fraction of sp³-hybridized carbons (Fsp3) is 0. The molecule has 3 aromatic carbocycles. The summed E-state index contributed by atoms with van der Waals surface area (Å²) in [4.78, 5) is 17.2. The number of aliphatic hydroxyl groups is 1. The first-order valence-electron chi connectivity index (χ1n) is 8.26. The van der Waals surface area contributed by atoms with Crippen molar-refractivity contribution >= 4 is 39.3 Å². The van der Waals surface area contributed by atoms with Gasteiger partial charge in [-0.3, -0.25) is 4.79 Å². The lowest BCUT2D eigenvalue weighted by Crippen LogP contribution is -2.14. The molecule has 1 heterocycles. The van der Waals surface area contributed by atoms with Gasteiger partial charge in [-0.05, 0) is 35.2 Å². The highest BCUT2D eigenvalue weighted by Gasteiger charge is 2.12. The van der Waals surface area contributed by atoms with Crippen LogP contribution in [0.15, 0.2) is 79.1 Å². The summed E-state index contributed by atoms with van der Waals surface area (Å²) in [7, 11) is 0. The minimum Gasteiger partial charge on any atom is -0.516 e. The third-order valence-corrected chi connectivity index (χ3v) is 4.27. The number of hydrogen-bond acceptors (Lipinski definition) is 3. The molecule has 0 atom stereocenters. The number of hydrogen-bond donors (Lipinski definition) is 2. The number of amides is 1. The molecule has 0 spiro atoms. The molecule has 1 aromatic heterocycles. The smallest absolute Gasteiger partial charge is 0.274 e. The number of carbonyl (C=O) groups is 1. The summed E-state index contributed by atoms with van der Waals surface area (Å²) in [6.07, 6.45) is 2.60. The topological polar surface area (TPSA) is 62.2 Å². The molecule has 0 fully saturated rings. The van der Waals surface area contributed by atoms with Gasteiger partial charge in [0, 0.05) is 16.5 Å². The number of aliphatic hydroxyl groups excluding tert-OH is 1. The number of benzene rings is 3. The van der Waals surface area contributed by atoms with E-state index in [2.05, 4.69) is 10.3 Å². The Hall–Kier alpha value is -3.66. The van der Waals surface area contributed by atoms with Crippen molar-refractivity contribution in [3.05, 3.63) is 90.3 Å². The van der Waals surface area contributed by atoms with E-state index in [1.54, 1.807) is 12.1 Å². The largest absolute Gasteiger partial charge is 0.516 e. The summed E-state index contributed by atoms with van der Waals surface area (Å²) in [5.74, 6) is -0.272. The predicted molar refractivity (Wildman–Crippen MR) is 105 cm³/mol. The Morgan fingerprint density at radius 1 is 0.885 bits per heavy atom. The maximum atomic E-state index is 12.7. The summed E-state index contributed by atoms with van der Waals surface area (Å²) in [5, 5.41) is 14.9. The maximum Gasteiger partial charge on any atom is 0.274 e. The third-order valence-electron chi connectivity index (χ3n) is 4.27. The molecule has 1 amide bonds. The molecule has 4 heteroatoms. The first-order valence-corrected chi connectivity index (χ1v) is 8.26. The molecule has 0 unspecified atom stereocenters. The first-order chi connectivity index (χ1) is 12.8. The van der Waals surface area contributed by atoms with E-state index in [4.69, 9.17) is 5.11 Å². The van der Waals surface area contributed by atoms with E-state index in [0.29, 0.717) is 11.4 Å². The molecule has 0 radical (unpaired) electrons. The van der Waals surface area contributed by atoms with E-state index >= 15 is 0 Å². The second-order valence-electron chi connectivity index (χ2n) is 5.91. The van der Waals surface area contributed by atoms with Crippen molar-refractivity contribution in [2.24, 2.45) is 0 Å². The van der Waals surface area contributed by atoms with Crippen molar-refractivity contribution in [2.75, 3.05) is 5.32 Å². The van der Waals surface area contributed by atoms with E-state index in [1.165, 1.54) is 0 Å². The number of anilines is 1. The van der Waals surface area contributed by atoms with Gasteiger partial charge in [0.05, 0.1) is 11.8 Å². The highest BCUT2D eigenvalue weighted by molar-refractivity contribution is 6.10. The van der Waals surface area contributed by atoms with Crippen molar-refractivity contribution < 1.29 is 9.90 Å². The lowest BCUT2D eigenvalue weighted by Gasteiger charge is -2.11. The normalized spacial score (nSPS) is 11.2. The summed E-state index contributed by atoms with van der Waals surface area (Å²) in [5.41, 5.74) is 2.64. The fourth-order valence-electron chi connectivity index (χ4n) is 3.07. The summed E-state index contributed by atoms with van der Waals surface area (Å²) in [6.45, 7) is 0. The van der Waals surface area contributed by atoms with Gasteiger partial charge in [-0.15, -0.1) is 0 Å². The number of para-hydroxylation sites is 1. The van der Waals surface area contributed by atoms with Crippen molar-refractivity contribution in [3.63, 3.8) is 0 Å². The quantitative estimate of drug-likeness (QED) is 0.506. The molecule has 4 rings (SSSR count). The Morgan fingerprint density at radius 3 is 2.50 bits per heavy atom. The van der Waals surface area contributed by atoms with Gasteiger partial charge in [0.1, 0.15) is 5.69 Å². The van der Waals surface area contributed by atoms with Gasteiger partial charge in [0.25, 0.3) is 5.91 Å². The van der Waals surface area contributed by atoms with Gasteiger partial charge in [0.2, 0.25) is 0 Å². The zero-order valence-corrected chi connectivity index (χ0v) is 13.9. The van der Waals surface area contributed by atoms with Crippen LogP contribution in [0, 0.1) is 0 Å². The molecule has 26 heavy (non-hydrogen) atoms. The van der Waals surface area contributed by atoms with E-state index in [9.17, 15) is 4.79 Å². The van der Waals surface area contributed by atoms with Gasteiger partial charge in [0.15, 0.2) is 0 Å². The van der Waals surface area contributed by atoms with Gasteiger partial charge in [-0.1, -0.05) is 54.6 Å². The summed E-state index contributed by atoms with van der Waals surface area (Å²) in [6, 6.07) is 22.8. The summed E-state index contributed by atoms with van der Waals surface area (Å²) >= 11 is 0. The van der Waals surface area contributed by atoms with Gasteiger partial charge in [-0.25, -0.2) is 4.98 Å². The molecule has 0 aliphatic heterocycles.